The monoisotopic (exact) mass is 656 g/mol. The number of nitrogens with zero attached hydrogens (tertiary/aromatic N) is 2. The van der Waals surface area contributed by atoms with Gasteiger partial charge < -0.3 is 28.9 Å². The Morgan fingerprint density at radius 3 is 2.50 bits per heavy atom. The first-order valence-corrected chi connectivity index (χ1v) is 15.5. The molecule has 1 aliphatic carbocycles. The van der Waals surface area contributed by atoms with E-state index >= 15 is 0 Å². The molecular formula is C33H41IN2S2. The van der Waals surface area contributed by atoms with Crippen LogP contribution in [0, 0.1) is 19.3 Å². The van der Waals surface area contributed by atoms with Crippen LogP contribution in [0.2, 0.25) is 0 Å². The molecule has 0 saturated carbocycles. The van der Waals surface area contributed by atoms with E-state index in [1.807, 2.05) is 23.1 Å². The largest absolute Gasteiger partial charge is 1.00 e. The number of fused-ring (bicyclic) bond motifs is 2. The molecule has 0 unspecified atom stereocenters. The van der Waals surface area contributed by atoms with Crippen LogP contribution in [-0.2, 0) is 6.54 Å². The van der Waals surface area contributed by atoms with Crippen LogP contribution in [0.15, 0.2) is 69.6 Å². The molecular weight excluding hydrogens is 615 g/mol. The molecule has 0 fully saturated rings. The van der Waals surface area contributed by atoms with Crippen LogP contribution in [0.4, 0.5) is 5.69 Å². The van der Waals surface area contributed by atoms with Gasteiger partial charge in [0.1, 0.15) is 4.70 Å². The van der Waals surface area contributed by atoms with E-state index < -0.39 is 0 Å². The molecule has 2 nitrogen and oxygen atoms in total. The molecule has 1 aromatic heterocycles. The number of aromatic nitrogens is 1. The Balaban J connectivity index is 0.00000336. The molecule has 2 aliphatic rings. The number of allylic oxidation sites excluding steroid dienone is 4. The fraction of sp³-hybridized carbons (Fsp3) is 0.424. The average molecular weight is 657 g/mol. The second-order valence-electron chi connectivity index (χ2n) is 11.5. The molecule has 0 N–H and O–H groups in total. The third-order valence-corrected chi connectivity index (χ3v) is 9.62. The molecule has 0 atom stereocenters. The molecule has 5 rings (SSSR count). The van der Waals surface area contributed by atoms with Gasteiger partial charge in [0, 0.05) is 30.0 Å². The van der Waals surface area contributed by atoms with E-state index in [9.17, 15) is 0 Å². The number of halogens is 1. The van der Waals surface area contributed by atoms with Gasteiger partial charge in [0.05, 0.1) is 10.7 Å². The Labute approximate surface area is 254 Å². The first kappa shape index (κ1) is 29.4. The molecule has 0 radical (unpaired) electrons. The maximum absolute atomic E-state index is 2.57. The maximum atomic E-state index is 2.57. The van der Waals surface area contributed by atoms with Gasteiger partial charge in [0.15, 0.2) is 6.54 Å². The van der Waals surface area contributed by atoms with E-state index in [-0.39, 0.29) is 29.4 Å². The molecule has 3 aromatic rings. The maximum Gasteiger partial charge on any atom is 0.263 e. The van der Waals surface area contributed by atoms with Crippen molar-refractivity contribution >= 4 is 45.1 Å². The minimum absolute atomic E-state index is 0. The van der Waals surface area contributed by atoms with E-state index in [0.717, 1.165) is 25.9 Å². The summed E-state index contributed by atoms with van der Waals surface area (Å²) in [6, 6.07) is 13.8. The second kappa shape index (κ2) is 12.3. The van der Waals surface area contributed by atoms with E-state index in [1.165, 1.54) is 72.4 Å². The summed E-state index contributed by atoms with van der Waals surface area (Å²) in [5.41, 5.74) is 8.55. The lowest BCUT2D eigenvalue weighted by molar-refractivity contribution is -0.669. The predicted molar refractivity (Wildman–Crippen MR) is 163 cm³/mol. The summed E-state index contributed by atoms with van der Waals surface area (Å²) >= 11 is 3.88. The van der Waals surface area contributed by atoms with E-state index in [1.54, 1.807) is 0 Å². The van der Waals surface area contributed by atoms with Crippen molar-refractivity contribution in [2.75, 3.05) is 11.4 Å². The fourth-order valence-corrected chi connectivity index (χ4v) is 8.29. The Morgan fingerprint density at radius 2 is 1.74 bits per heavy atom. The zero-order valence-corrected chi connectivity index (χ0v) is 27.5. The minimum atomic E-state index is 0. The Kier molecular flexibility index (Phi) is 9.52. The smallest absolute Gasteiger partial charge is 0.263 e. The zero-order valence-electron chi connectivity index (χ0n) is 23.7. The minimum Gasteiger partial charge on any atom is -1.00 e. The van der Waals surface area contributed by atoms with E-state index in [0.29, 0.717) is 0 Å². The average Bonchev–Trinajstić information content (AvgIpc) is 3.33. The lowest BCUT2D eigenvalue weighted by atomic mass is 9.75. The predicted octanol–water partition coefficient (Wildman–Crippen LogP) is 6.60. The van der Waals surface area contributed by atoms with Gasteiger partial charge in [0.25, 0.3) is 5.01 Å². The van der Waals surface area contributed by atoms with Crippen LogP contribution < -0.4 is 33.4 Å². The summed E-state index contributed by atoms with van der Waals surface area (Å²) in [7, 11) is 0. The molecule has 0 bridgehead atoms. The topological polar surface area (TPSA) is 7.12 Å². The summed E-state index contributed by atoms with van der Waals surface area (Å²) < 4.78 is 3.97. The van der Waals surface area contributed by atoms with Crippen LogP contribution in [0.25, 0.3) is 16.3 Å². The van der Waals surface area contributed by atoms with Gasteiger partial charge in [-0.3, -0.25) is 0 Å². The molecule has 202 valence electrons. The van der Waals surface area contributed by atoms with E-state index in [4.69, 9.17) is 0 Å². The third kappa shape index (κ3) is 6.42. The SMILES string of the molecule is CCCCC[n+]1c(C=C2C=C(C=C3Sc4cc(C)ccc4N3CC)CC(C)(C)C2)sc2cc(C)ccc21.[I-]. The Hall–Kier alpha value is -1.57. The lowest BCUT2D eigenvalue weighted by Crippen LogP contribution is -3.00. The van der Waals surface area contributed by atoms with Gasteiger partial charge >= 0.3 is 0 Å². The number of rotatable bonds is 7. The quantitative estimate of drug-likeness (QED) is 0.161. The third-order valence-electron chi connectivity index (χ3n) is 7.43. The Morgan fingerprint density at radius 1 is 0.974 bits per heavy atom. The molecule has 0 amide bonds. The summed E-state index contributed by atoms with van der Waals surface area (Å²) in [5.74, 6) is 0. The highest BCUT2D eigenvalue weighted by Gasteiger charge is 2.29. The second-order valence-corrected chi connectivity index (χ2v) is 13.7. The first-order valence-electron chi connectivity index (χ1n) is 13.9. The van der Waals surface area contributed by atoms with Crippen molar-refractivity contribution in [3.8, 4) is 0 Å². The van der Waals surface area contributed by atoms with Crippen molar-refractivity contribution in [2.24, 2.45) is 5.41 Å². The van der Waals surface area contributed by atoms with Gasteiger partial charge in [-0.25, -0.2) is 0 Å². The van der Waals surface area contributed by atoms with Crippen LogP contribution in [-0.4, -0.2) is 6.54 Å². The van der Waals surface area contributed by atoms with Crippen LogP contribution in [0.1, 0.15) is 75.9 Å². The molecule has 38 heavy (non-hydrogen) atoms. The van der Waals surface area contributed by atoms with Gasteiger partial charge in [-0.05, 0) is 92.0 Å². The van der Waals surface area contributed by atoms with Gasteiger partial charge in [-0.1, -0.05) is 68.5 Å². The summed E-state index contributed by atoms with van der Waals surface area (Å²) in [4.78, 5) is 3.86. The van der Waals surface area contributed by atoms with Gasteiger partial charge in [-0.15, -0.1) is 0 Å². The van der Waals surface area contributed by atoms with Crippen molar-refractivity contribution in [1.29, 1.82) is 0 Å². The number of benzene rings is 2. The molecule has 0 spiro atoms. The number of thiazole rings is 1. The van der Waals surface area contributed by atoms with Crippen LogP contribution in [0.5, 0.6) is 0 Å². The molecule has 2 aromatic carbocycles. The van der Waals surface area contributed by atoms with Crippen LogP contribution in [0.3, 0.4) is 0 Å². The van der Waals surface area contributed by atoms with Crippen molar-refractivity contribution < 1.29 is 28.5 Å². The lowest BCUT2D eigenvalue weighted by Gasteiger charge is -2.31. The standard InChI is InChI=1S/C33H41N2S2.HI/c1-7-9-10-15-35-28-14-12-24(4)17-30(28)37-32(35)20-26-18-25(21-33(5,6)22-26)19-31-34(8-2)27-13-11-23(3)16-29(27)36-31;/h11-14,16-20H,7-10,15,21-22H2,1-6H3;1H/q+1;/p-1. The Bertz CT molecular complexity index is 1410. The normalized spacial score (nSPS) is 18.7. The molecule has 5 heteroatoms. The number of anilines is 1. The zero-order chi connectivity index (χ0) is 26.2. The van der Waals surface area contributed by atoms with Crippen molar-refractivity contribution in [3.05, 3.63) is 80.9 Å². The highest BCUT2D eigenvalue weighted by atomic mass is 127. The molecule has 0 saturated heterocycles. The van der Waals surface area contributed by atoms with E-state index in [2.05, 4.69) is 106 Å². The summed E-state index contributed by atoms with van der Waals surface area (Å²) in [6.07, 6.45) is 13.4. The summed E-state index contributed by atoms with van der Waals surface area (Å²) in [5, 5.41) is 2.75. The van der Waals surface area contributed by atoms with Crippen LogP contribution >= 0.6 is 23.1 Å². The number of unbranched alkanes of at least 4 members (excludes halogenated alkanes) is 2. The van der Waals surface area contributed by atoms with Crippen molar-refractivity contribution in [1.82, 2.24) is 0 Å². The number of hydrogen-bond donors (Lipinski definition) is 0. The van der Waals surface area contributed by atoms with Crippen molar-refractivity contribution in [2.45, 2.75) is 85.1 Å². The summed E-state index contributed by atoms with van der Waals surface area (Å²) in [6.45, 7) is 15.9. The number of thioether (sulfide) groups is 1. The van der Waals surface area contributed by atoms with Gasteiger partial charge in [-0.2, -0.15) is 4.57 Å². The molecule has 2 heterocycles. The molecule has 1 aliphatic heterocycles. The first-order chi connectivity index (χ1) is 17.8. The van der Waals surface area contributed by atoms with Gasteiger partial charge in [0.2, 0.25) is 5.52 Å². The highest BCUT2D eigenvalue weighted by molar-refractivity contribution is 8.03. The number of hydrogen-bond acceptors (Lipinski definition) is 3. The highest BCUT2D eigenvalue weighted by Crippen LogP contribution is 2.48. The fourth-order valence-electron chi connectivity index (χ4n) is 5.73. The number of aryl methyl sites for hydroxylation is 3. The van der Waals surface area contributed by atoms with Crippen molar-refractivity contribution in [3.63, 3.8) is 0 Å².